The third kappa shape index (κ3) is 4.45. The van der Waals surface area contributed by atoms with Crippen LogP contribution in [-0.4, -0.2) is 35.9 Å². The van der Waals surface area contributed by atoms with Gasteiger partial charge in [0.15, 0.2) is 0 Å². The second-order valence-electron chi connectivity index (χ2n) is 6.82. The highest BCUT2D eigenvalue weighted by atomic mass is 16.5. The number of carbonyl (C=O) groups is 1. The first-order valence-corrected chi connectivity index (χ1v) is 8.11. The molecule has 0 aromatic rings. The summed E-state index contributed by atoms with van der Waals surface area (Å²) in [4.78, 5) is 11.9. The van der Waals surface area contributed by atoms with Gasteiger partial charge in [-0.1, -0.05) is 19.8 Å². The summed E-state index contributed by atoms with van der Waals surface area (Å²) in [6.07, 6.45) is 6.82. The number of carbonyl (C=O) groups excluding carboxylic acids is 1. The van der Waals surface area contributed by atoms with Crippen LogP contribution in [0.4, 0.5) is 0 Å². The van der Waals surface area contributed by atoms with Crippen molar-refractivity contribution < 1.29 is 14.6 Å². The van der Waals surface area contributed by atoms with Gasteiger partial charge in [0.2, 0.25) is 5.91 Å². The van der Waals surface area contributed by atoms with Crippen molar-refractivity contribution >= 4 is 5.91 Å². The Hall–Kier alpha value is -0.610. The summed E-state index contributed by atoms with van der Waals surface area (Å²) in [6, 6.07) is 0. The van der Waals surface area contributed by atoms with E-state index >= 15 is 0 Å². The van der Waals surface area contributed by atoms with Crippen molar-refractivity contribution in [2.24, 2.45) is 11.8 Å². The van der Waals surface area contributed by atoms with E-state index in [1.807, 2.05) is 6.92 Å². The topological polar surface area (TPSA) is 58.6 Å². The molecule has 2 saturated carbocycles. The summed E-state index contributed by atoms with van der Waals surface area (Å²) in [5, 5.41) is 13.4. The number of rotatable bonds is 6. The first-order chi connectivity index (χ1) is 9.50. The molecule has 0 aliphatic heterocycles. The molecule has 2 N–H and O–H groups in total. The molecule has 2 atom stereocenters. The molecule has 2 aliphatic carbocycles. The van der Waals surface area contributed by atoms with Crippen LogP contribution >= 0.6 is 0 Å². The Morgan fingerprint density at radius 3 is 2.85 bits per heavy atom. The van der Waals surface area contributed by atoms with Crippen LogP contribution < -0.4 is 5.32 Å². The van der Waals surface area contributed by atoms with Gasteiger partial charge in [0.1, 0.15) is 0 Å². The largest absolute Gasteiger partial charge is 0.388 e. The quantitative estimate of drug-likeness (QED) is 0.786. The highest BCUT2D eigenvalue weighted by Gasteiger charge is 2.34. The molecule has 0 heterocycles. The van der Waals surface area contributed by atoms with Gasteiger partial charge in [-0.25, -0.2) is 0 Å². The van der Waals surface area contributed by atoms with E-state index in [0.29, 0.717) is 30.9 Å². The van der Waals surface area contributed by atoms with Crippen LogP contribution in [0.2, 0.25) is 0 Å². The van der Waals surface area contributed by atoms with Crippen LogP contribution in [0, 0.1) is 11.8 Å². The third-order valence-corrected chi connectivity index (χ3v) is 4.75. The van der Waals surface area contributed by atoms with E-state index in [1.165, 1.54) is 6.42 Å². The van der Waals surface area contributed by atoms with Gasteiger partial charge in [0.05, 0.1) is 11.7 Å². The van der Waals surface area contributed by atoms with E-state index in [0.717, 1.165) is 38.7 Å². The van der Waals surface area contributed by atoms with Crippen molar-refractivity contribution in [3.8, 4) is 0 Å². The smallest absolute Gasteiger partial charge is 0.220 e. The summed E-state index contributed by atoms with van der Waals surface area (Å²) in [6.45, 7) is 5.35. The highest BCUT2D eigenvalue weighted by molar-refractivity contribution is 5.76. The molecule has 0 bridgehead atoms. The highest BCUT2D eigenvalue weighted by Crippen LogP contribution is 2.33. The molecule has 2 unspecified atom stereocenters. The molecule has 0 saturated heterocycles. The van der Waals surface area contributed by atoms with Gasteiger partial charge in [0.25, 0.3) is 0 Å². The first-order valence-electron chi connectivity index (χ1n) is 8.11. The lowest BCUT2D eigenvalue weighted by atomic mass is 9.78. The van der Waals surface area contributed by atoms with Crippen LogP contribution in [0.15, 0.2) is 0 Å². The molecular formula is C16H29NO3. The molecule has 0 aromatic carbocycles. The predicted octanol–water partition coefficient (Wildman–Crippen LogP) is 2.25. The fraction of sp³-hybridized carbons (Fsp3) is 0.938. The van der Waals surface area contributed by atoms with Gasteiger partial charge in [-0.15, -0.1) is 0 Å². The van der Waals surface area contributed by atoms with Crippen molar-refractivity contribution in [3.63, 3.8) is 0 Å². The molecular weight excluding hydrogens is 254 g/mol. The van der Waals surface area contributed by atoms with Gasteiger partial charge >= 0.3 is 0 Å². The zero-order chi connectivity index (χ0) is 14.6. The van der Waals surface area contributed by atoms with Crippen LogP contribution in [0.5, 0.6) is 0 Å². The van der Waals surface area contributed by atoms with Gasteiger partial charge < -0.3 is 15.2 Å². The Morgan fingerprint density at radius 2 is 2.20 bits per heavy atom. The Kier molecular flexibility index (Phi) is 5.44. The van der Waals surface area contributed by atoms with Gasteiger partial charge in [-0.05, 0) is 44.4 Å². The number of hydrogen-bond acceptors (Lipinski definition) is 3. The second kappa shape index (κ2) is 6.90. The molecule has 4 heteroatoms. The molecule has 2 aliphatic rings. The maximum absolute atomic E-state index is 11.9. The van der Waals surface area contributed by atoms with Crippen LogP contribution in [-0.2, 0) is 9.53 Å². The Bertz CT molecular complexity index is 328. The van der Waals surface area contributed by atoms with E-state index in [1.54, 1.807) is 0 Å². The molecule has 1 amide bonds. The molecule has 2 fully saturated rings. The summed E-state index contributed by atoms with van der Waals surface area (Å²) in [5.41, 5.74) is -0.680. The number of amides is 1. The maximum atomic E-state index is 11.9. The average molecular weight is 283 g/mol. The van der Waals surface area contributed by atoms with Crippen molar-refractivity contribution in [3.05, 3.63) is 0 Å². The zero-order valence-electron chi connectivity index (χ0n) is 12.9. The molecule has 0 radical (unpaired) electrons. The van der Waals surface area contributed by atoms with E-state index in [-0.39, 0.29) is 5.91 Å². The lowest BCUT2D eigenvalue weighted by molar-refractivity contribution is -0.126. The van der Waals surface area contributed by atoms with Crippen LogP contribution in [0.25, 0.3) is 0 Å². The van der Waals surface area contributed by atoms with Crippen LogP contribution in [0.3, 0.4) is 0 Å². The minimum absolute atomic E-state index is 0.0802. The molecule has 4 nitrogen and oxygen atoms in total. The van der Waals surface area contributed by atoms with Crippen molar-refractivity contribution in [1.82, 2.24) is 5.32 Å². The van der Waals surface area contributed by atoms with E-state index < -0.39 is 5.60 Å². The minimum Gasteiger partial charge on any atom is -0.388 e. The van der Waals surface area contributed by atoms with Gasteiger partial charge in [0, 0.05) is 19.6 Å². The molecule has 0 aromatic heterocycles. The zero-order valence-corrected chi connectivity index (χ0v) is 12.9. The van der Waals surface area contributed by atoms with E-state index in [2.05, 4.69) is 12.2 Å². The number of ether oxygens (including phenoxy) is 1. The van der Waals surface area contributed by atoms with Crippen molar-refractivity contribution in [2.45, 2.75) is 70.5 Å². The van der Waals surface area contributed by atoms with Crippen molar-refractivity contribution in [1.29, 1.82) is 0 Å². The van der Waals surface area contributed by atoms with Crippen LogP contribution in [0.1, 0.15) is 58.8 Å². The van der Waals surface area contributed by atoms with E-state index in [4.69, 9.17) is 4.74 Å². The van der Waals surface area contributed by atoms with Gasteiger partial charge in [-0.2, -0.15) is 0 Å². The molecule has 2 rings (SSSR count). The lowest BCUT2D eigenvalue weighted by Crippen LogP contribution is -2.46. The number of hydrogen-bond donors (Lipinski definition) is 2. The average Bonchev–Trinajstić information content (AvgIpc) is 2.34. The summed E-state index contributed by atoms with van der Waals surface area (Å²) >= 11 is 0. The predicted molar refractivity (Wildman–Crippen MR) is 78.3 cm³/mol. The monoisotopic (exact) mass is 283 g/mol. The first kappa shape index (κ1) is 15.8. The van der Waals surface area contributed by atoms with Gasteiger partial charge in [-0.3, -0.25) is 4.79 Å². The summed E-state index contributed by atoms with van der Waals surface area (Å²) < 4.78 is 5.50. The fourth-order valence-corrected chi connectivity index (χ4v) is 3.60. The Morgan fingerprint density at radius 1 is 1.45 bits per heavy atom. The molecule has 0 spiro atoms. The summed E-state index contributed by atoms with van der Waals surface area (Å²) in [5.74, 6) is 1.10. The maximum Gasteiger partial charge on any atom is 0.220 e. The van der Waals surface area contributed by atoms with E-state index in [9.17, 15) is 9.90 Å². The second-order valence-corrected chi connectivity index (χ2v) is 6.82. The van der Waals surface area contributed by atoms with Crippen molar-refractivity contribution in [2.75, 3.05) is 13.2 Å². The molecule has 20 heavy (non-hydrogen) atoms. The third-order valence-electron chi connectivity index (χ3n) is 4.75. The Labute approximate surface area is 122 Å². The number of aliphatic hydroxyl groups is 1. The standard InChI is InChI=1S/C16H29NO3/c1-3-20-14-7-13(8-14)9-15(18)17-11-16(19)6-4-5-12(2)10-16/h12-14,19H,3-11H2,1-2H3,(H,17,18). The normalized spacial score (nSPS) is 37.2. The lowest BCUT2D eigenvalue weighted by Gasteiger charge is -2.37. The Balaban J connectivity index is 1.63. The minimum atomic E-state index is -0.680. The number of nitrogens with one attached hydrogen (secondary N) is 1. The molecule has 116 valence electrons. The fourth-order valence-electron chi connectivity index (χ4n) is 3.60. The summed E-state index contributed by atoms with van der Waals surface area (Å²) in [7, 11) is 0. The SMILES string of the molecule is CCOC1CC(CC(=O)NCC2(O)CCCC(C)C2)C1.